The van der Waals surface area contributed by atoms with E-state index in [0.29, 0.717) is 60.2 Å². The summed E-state index contributed by atoms with van der Waals surface area (Å²) in [4.78, 5) is 27.8. The third-order valence-corrected chi connectivity index (χ3v) is 7.06. The zero-order chi connectivity index (χ0) is 27.5. The van der Waals surface area contributed by atoms with E-state index in [-0.39, 0.29) is 18.6 Å². The second-order valence-electron chi connectivity index (χ2n) is 9.87. The van der Waals surface area contributed by atoms with Crippen LogP contribution in [0.15, 0.2) is 77.2 Å². The monoisotopic (exact) mass is 538 g/mol. The van der Waals surface area contributed by atoms with E-state index in [9.17, 15) is 9.59 Å². The molecule has 0 radical (unpaired) electrons. The summed E-state index contributed by atoms with van der Waals surface area (Å²) in [5.41, 5.74) is 3.61. The van der Waals surface area contributed by atoms with Gasteiger partial charge in [0.25, 0.3) is 11.8 Å². The van der Waals surface area contributed by atoms with E-state index in [1.165, 1.54) is 0 Å². The van der Waals surface area contributed by atoms with Crippen molar-refractivity contribution in [2.45, 2.75) is 32.7 Å². The van der Waals surface area contributed by atoms with Gasteiger partial charge in [-0.15, -0.1) is 0 Å². The van der Waals surface area contributed by atoms with Crippen LogP contribution < -0.4 is 19.5 Å². The Hall–Kier alpha value is -4.72. The molecule has 4 aromatic rings. The molecule has 0 saturated carbocycles. The van der Waals surface area contributed by atoms with Crippen molar-refractivity contribution in [1.29, 1.82) is 0 Å². The molecule has 8 heteroatoms. The van der Waals surface area contributed by atoms with Crippen LogP contribution in [0.4, 0.5) is 5.69 Å². The Labute approximate surface area is 232 Å². The largest absolute Gasteiger partial charge is 0.494 e. The van der Waals surface area contributed by atoms with Crippen molar-refractivity contribution in [3.05, 3.63) is 95.2 Å². The number of amides is 2. The van der Waals surface area contributed by atoms with Gasteiger partial charge in [0.1, 0.15) is 17.3 Å². The van der Waals surface area contributed by atoms with Gasteiger partial charge in [-0.3, -0.25) is 9.59 Å². The molecule has 6 rings (SSSR count). The average Bonchev–Trinajstić information content (AvgIpc) is 3.64. The molecule has 3 heterocycles. The molecule has 0 bridgehead atoms. The minimum atomic E-state index is -0.200. The normalized spacial score (nSPS) is 13.6. The molecule has 204 valence electrons. The number of nitrogens with one attached hydrogen (secondary N) is 1. The number of hydrogen-bond donors (Lipinski definition) is 1. The Balaban J connectivity index is 1.12. The van der Waals surface area contributed by atoms with E-state index in [1.54, 1.807) is 30.3 Å². The molecule has 0 spiro atoms. The molecule has 0 aliphatic carbocycles. The number of nitrogens with zero attached hydrogens (tertiary/aromatic N) is 1. The van der Waals surface area contributed by atoms with Gasteiger partial charge in [-0.05, 0) is 67.1 Å². The van der Waals surface area contributed by atoms with Gasteiger partial charge >= 0.3 is 0 Å². The predicted octanol–water partition coefficient (Wildman–Crippen LogP) is 6.31. The summed E-state index contributed by atoms with van der Waals surface area (Å²) in [6.07, 6.45) is 2.69. The lowest BCUT2D eigenvalue weighted by Crippen LogP contribution is -2.35. The van der Waals surface area contributed by atoms with Gasteiger partial charge in [-0.25, -0.2) is 0 Å². The summed E-state index contributed by atoms with van der Waals surface area (Å²) in [6.45, 7) is 3.97. The Morgan fingerprint density at radius 2 is 1.77 bits per heavy atom. The molecular weight excluding hydrogens is 508 g/mol. The smallest absolute Gasteiger partial charge is 0.255 e. The van der Waals surface area contributed by atoms with Gasteiger partial charge in [-0.2, -0.15) is 0 Å². The molecule has 3 aromatic carbocycles. The summed E-state index contributed by atoms with van der Waals surface area (Å²) in [6, 6.07) is 22.0. The molecule has 2 aliphatic heterocycles. The average molecular weight is 539 g/mol. The third-order valence-electron chi connectivity index (χ3n) is 7.06. The van der Waals surface area contributed by atoms with Gasteiger partial charge < -0.3 is 28.8 Å². The van der Waals surface area contributed by atoms with Crippen molar-refractivity contribution in [1.82, 2.24) is 4.90 Å². The fourth-order valence-electron chi connectivity index (χ4n) is 4.85. The highest BCUT2D eigenvalue weighted by Gasteiger charge is 2.26. The Kier molecular flexibility index (Phi) is 7.14. The van der Waals surface area contributed by atoms with Crippen LogP contribution in [0.2, 0.25) is 0 Å². The van der Waals surface area contributed by atoms with Gasteiger partial charge in [0.2, 0.25) is 6.79 Å². The summed E-state index contributed by atoms with van der Waals surface area (Å²) < 4.78 is 22.6. The number of anilines is 1. The van der Waals surface area contributed by atoms with Crippen LogP contribution in [-0.2, 0) is 13.0 Å². The number of rotatable bonds is 8. The molecule has 2 aliphatic rings. The number of carbonyl (C=O) groups is 2. The highest BCUT2D eigenvalue weighted by Crippen LogP contribution is 2.34. The molecule has 0 unspecified atom stereocenters. The van der Waals surface area contributed by atoms with E-state index in [1.807, 2.05) is 47.4 Å². The Bertz CT molecular complexity index is 1540. The fourth-order valence-corrected chi connectivity index (χ4v) is 4.85. The number of benzene rings is 3. The first kappa shape index (κ1) is 25.6. The topological polar surface area (TPSA) is 90.2 Å². The number of unbranched alkanes of at least 4 members (excludes halogenated alkanes) is 1. The lowest BCUT2D eigenvalue weighted by molar-refractivity contribution is 0.0729. The Morgan fingerprint density at radius 3 is 2.62 bits per heavy atom. The first-order chi connectivity index (χ1) is 19.6. The maximum Gasteiger partial charge on any atom is 0.255 e. The van der Waals surface area contributed by atoms with Crippen LogP contribution in [0.3, 0.4) is 0 Å². The van der Waals surface area contributed by atoms with Crippen LogP contribution in [0.25, 0.3) is 11.3 Å². The molecule has 1 aromatic heterocycles. The molecule has 1 N–H and O–H groups in total. The lowest BCUT2D eigenvalue weighted by atomic mass is 10.1. The van der Waals surface area contributed by atoms with E-state index in [0.717, 1.165) is 35.5 Å². The first-order valence-corrected chi connectivity index (χ1v) is 13.5. The number of hydrogen-bond acceptors (Lipinski definition) is 6. The number of ether oxygens (including phenoxy) is 3. The second kappa shape index (κ2) is 11.2. The quantitative estimate of drug-likeness (QED) is 0.265. The maximum absolute atomic E-state index is 13.2. The minimum absolute atomic E-state index is 0.0584. The van der Waals surface area contributed by atoms with Gasteiger partial charge in [-0.1, -0.05) is 25.5 Å². The van der Waals surface area contributed by atoms with Crippen LogP contribution in [0, 0.1) is 0 Å². The summed E-state index contributed by atoms with van der Waals surface area (Å²) >= 11 is 0. The summed E-state index contributed by atoms with van der Waals surface area (Å²) in [7, 11) is 0. The number of carbonyl (C=O) groups excluding carboxylic acids is 2. The van der Waals surface area contributed by atoms with Crippen LogP contribution in [0.1, 0.15) is 51.8 Å². The van der Waals surface area contributed by atoms with Gasteiger partial charge in [0.05, 0.1) is 6.61 Å². The fraction of sp³-hybridized carbons (Fsp3) is 0.250. The molecule has 8 nitrogen and oxygen atoms in total. The van der Waals surface area contributed by atoms with Crippen molar-refractivity contribution < 1.29 is 28.2 Å². The number of fused-ring (bicyclic) bond motifs is 2. The predicted molar refractivity (Wildman–Crippen MR) is 150 cm³/mol. The SMILES string of the molecule is CCCCOc1ccc(C(=O)Nc2cccc(-c3cc4c(o3)CCN(C(=O)c3ccc5c(c3)OCO5)C4)c2)cc1. The molecule has 2 amide bonds. The standard InChI is InChI=1S/C32H30N2O6/c1-2-3-15-37-26-10-7-21(8-11-26)31(35)33-25-6-4-5-22(16-25)29-18-24-19-34(14-13-27(24)40-29)32(36)23-9-12-28-30(17-23)39-20-38-28/h4-12,16-18H,2-3,13-15,19-20H2,1H3,(H,33,35). The van der Waals surface area contributed by atoms with Crippen molar-refractivity contribution >= 4 is 17.5 Å². The zero-order valence-electron chi connectivity index (χ0n) is 22.3. The first-order valence-electron chi connectivity index (χ1n) is 13.5. The summed E-state index contributed by atoms with van der Waals surface area (Å²) in [5, 5.41) is 2.97. The van der Waals surface area contributed by atoms with Gasteiger partial charge in [0.15, 0.2) is 11.5 Å². The maximum atomic E-state index is 13.2. The van der Waals surface area contributed by atoms with Crippen molar-refractivity contribution in [3.8, 4) is 28.6 Å². The summed E-state index contributed by atoms with van der Waals surface area (Å²) in [5.74, 6) is 3.32. The highest BCUT2D eigenvalue weighted by molar-refractivity contribution is 6.04. The van der Waals surface area contributed by atoms with Crippen LogP contribution >= 0.6 is 0 Å². The minimum Gasteiger partial charge on any atom is -0.494 e. The van der Waals surface area contributed by atoms with Crippen LogP contribution in [0.5, 0.6) is 17.2 Å². The van der Waals surface area contributed by atoms with E-state index >= 15 is 0 Å². The third kappa shape index (κ3) is 5.38. The highest BCUT2D eigenvalue weighted by atomic mass is 16.7. The molecule has 0 fully saturated rings. The molecule has 0 saturated heterocycles. The lowest BCUT2D eigenvalue weighted by Gasteiger charge is -2.26. The second-order valence-corrected chi connectivity index (χ2v) is 9.87. The van der Waals surface area contributed by atoms with Crippen molar-refractivity contribution in [3.63, 3.8) is 0 Å². The number of furan rings is 1. The van der Waals surface area contributed by atoms with Crippen molar-refractivity contribution in [2.75, 3.05) is 25.3 Å². The van der Waals surface area contributed by atoms with E-state index < -0.39 is 0 Å². The Morgan fingerprint density at radius 1 is 0.950 bits per heavy atom. The molecule has 0 atom stereocenters. The van der Waals surface area contributed by atoms with E-state index in [2.05, 4.69) is 12.2 Å². The zero-order valence-corrected chi connectivity index (χ0v) is 22.3. The van der Waals surface area contributed by atoms with Crippen LogP contribution in [-0.4, -0.2) is 36.7 Å². The van der Waals surface area contributed by atoms with Crippen molar-refractivity contribution in [2.24, 2.45) is 0 Å². The molecular formula is C32H30N2O6. The van der Waals surface area contributed by atoms with Gasteiger partial charge in [0, 0.05) is 47.5 Å². The van der Waals surface area contributed by atoms with E-state index in [4.69, 9.17) is 18.6 Å². The molecule has 40 heavy (non-hydrogen) atoms.